The first kappa shape index (κ1) is 21.0. The van der Waals surface area contributed by atoms with Crippen molar-refractivity contribution < 1.29 is 22.7 Å². The summed E-state index contributed by atoms with van der Waals surface area (Å²) in [6.07, 6.45) is 3.07. The van der Waals surface area contributed by atoms with Gasteiger partial charge in [-0.2, -0.15) is 0 Å². The molecule has 9 heteroatoms. The highest BCUT2D eigenvalue weighted by Crippen LogP contribution is 2.18. The number of rotatable bonds is 8. The number of hydrogen-bond donors (Lipinski definition) is 2. The zero-order valence-corrected chi connectivity index (χ0v) is 16.5. The van der Waals surface area contributed by atoms with Gasteiger partial charge in [0, 0.05) is 19.2 Å². The molecule has 1 unspecified atom stereocenters. The lowest BCUT2D eigenvalue weighted by molar-refractivity contribution is -0.134. The van der Waals surface area contributed by atoms with Gasteiger partial charge in [0.15, 0.2) is 0 Å². The first-order valence-electron chi connectivity index (χ1n) is 9.01. The number of likely N-dealkylation sites (tertiary alicyclic amines) is 1. The lowest BCUT2D eigenvalue weighted by Gasteiger charge is -2.27. The first-order chi connectivity index (χ1) is 12.8. The number of carbonyl (C=O) groups is 2. The molecule has 2 amide bonds. The number of methoxy groups -OCH3 is 1. The van der Waals surface area contributed by atoms with Crippen molar-refractivity contribution in [1.82, 2.24) is 10.2 Å². The van der Waals surface area contributed by atoms with Crippen LogP contribution in [0.25, 0.3) is 0 Å². The first-order valence-corrected chi connectivity index (χ1v) is 10.7. The van der Waals surface area contributed by atoms with E-state index < -0.39 is 21.8 Å². The number of nitrogens with zero attached hydrogens (tertiary/aromatic N) is 1. The summed E-state index contributed by atoms with van der Waals surface area (Å²) >= 11 is 0. The lowest BCUT2D eigenvalue weighted by atomic mass is 10.1. The molecular formula is C18H27N3O5S. The summed E-state index contributed by atoms with van der Waals surface area (Å²) in [5, 5.41) is 2.54. The van der Waals surface area contributed by atoms with E-state index in [1.54, 1.807) is 29.2 Å². The number of benzene rings is 1. The molecule has 0 aromatic heterocycles. The Morgan fingerprint density at radius 3 is 2.59 bits per heavy atom. The maximum Gasteiger partial charge on any atom is 0.241 e. The summed E-state index contributed by atoms with van der Waals surface area (Å²) in [4.78, 5) is 26.0. The number of carbonyl (C=O) groups excluding carboxylic acids is 2. The van der Waals surface area contributed by atoms with Crippen LogP contribution in [-0.2, 0) is 19.6 Å². The van der Waals surface area contributed by atoms with Crippen LogP contribution in [0.15, 0.2) is 24.3 Å². The topological polar surface area (TPSA) is 105 Å². The van der Waals surface area contributed by atoms with Crippen molar-refractivity contribution in [3.63, 3.8) is 0 Å². The van der Waals surface area contributed by atoms with Gasteiger partial charge in [-0.1, -0.05) is 13.0 Å². The van der Waals surface area contributed by atoms with Crippen LogP contribution >= 0.6 is 0 Å². The van der Waals surface area contributed by atoms with Gasteiger partial charge >= 0.3 is 0 Å². The van der Waals surface area contributed by atoms with Gasteiger partial charge in [0.05, 0.1) is 31.0 Å². The van der Waals surface area contributed by atoms with Crippen molar-refractivity contribution in [2.75, 3.05) is 37.2 Å². The second kappa shape index (κ2) is 9.59. The zero-order chi connectivity index (χ0) is 19.9. The van der Waals surface area contributed by atoms with Gasteiger partial charge in [-0.15, -0.1) is 0 Å². The minimum atomic E-state index is -3.72. The fourth-order valence-electron chi connectivity index (χ4n) is 2.90. The molecule has 1 heterocycles. The summed E-state index contributed by atoms with van der Waals surface area (Å²) in [5.41, 5.74) is 0.363. The minimum absolute atomic E-state index is 0.105. The Morgan fingerprint density at radius 2 is 1.93 bits per heavy atom. The van der Waals surface area contributed by atoms with Gasteiger partial charge in [0.25, 0.3) is 0 Å². The molecule has 2 N–H and O–H groups in total. The van der Waals surface area contributed by atoms with E-state index in [0.717, 1.165) is 19.3 Å². The Kier molecular flexibility index (Phi) is 7.46. The molecule has 27 heavy (non-hydrogen) atoms. The molecule has 0 spiro atoms. The predicted octanol–water partition coefficient (Wildman–Crippen LogP) is 1.20. The Labute approximate surface area is 160 Å². The molecule has 1 aliphatic rings. The minimum Gasteiger partial charge on any atom is -0.497 e. The molecule has 1 aliphatic heterocycles. The van der Waals surface area contributed by atoms with Crippen molar-refractivity contribution in [1.29, 1.82) is 0 Å². The van der Waals surface area contributed by atoms with E-state index in [-0.39, 0.29) is 18.2 Å². The van der Waals surface area contributed by atoms with Crippen LogP contribution < -0.4 is 14.8 Å². The normalized spacial score (nSPS) is 15.7. The van der Waals surface area contributed by atoms with Crippen molar-refractivity contribution in [2.24, 2.45) is 5.92 Å². The average Bonchev–Trinajstić information content (AvgIpc) is 2.65. The van der Waals surface area contributed by atoms with Gasteiger partial charge in [-0.05, 0) is 31.4 Å². The largest absolute Gasteiger partial charge is 0.497 e. The van der Waals surface area contributed by atoms with E-state index in [1.807, 2.05) is 0 Å². The van der Waals surface area contributed by atoms with E-state index in [1.165, 1.54) is 14.0 Å². The molecule has 0 saturated carbocycles. The number of hydrogen-bond acceptors (Lipinski definition) is 5. The summed E-state index contributed by atoms with van der Waals surface area (Å²) in [6.45, 7) is 2.84. The molecule has 0 radical (unpaired) electrons. The highest BCUT2D eigenvalue weighted by molar-refractivity contribution is 7.92. The molecule has 8 nitrogen and oxygen atoms in total. The molecular weight excluding hydrogens is 370 g/mol. The summed E-state index contributed by atoms with van der Waals surface area (Å²) in [6, 6.07) is 6.52. The third-order valence-corrected chi connectivity index (χ3v) is 5.87. The van der Waals surface area contributed by atoms with Crippen molar-refractivity contribution in [3.05, 3.63) is 24.3 Å². The Hall–Kier alpha value is -2.29. The molecule has 1 atom stereocenters. The highest BCUT2D eigenvalue weighted by atomic mass is 32.2. The van der Waals surface area contributed by atoms with Crippen LogP contribution in [0.2, 0.25) is 0 Å². The number of piperidine rings is 1. The number of anilines is 1. The van der Waals surface area contributed by atoms with E-state index in [4.69, 9.17) is 4.74 Å². The molecule has 150 valence electrons. The van der Waals surface area contributed by atoms with Crippen molar-refractivity contribution in [2.45, 2.75) is 26.2 Å². The average molecular weight is 397 g/mol. The monoisotopic (exact) mass is 397 g/mol. The Morgan fingerprint density at radius 1 is 1.22 bits per heavy atom. The lowest BCUT2D eigenvalue weighted by Crippen LogP contribution is -2.44. The van der Waals surface area contributed by atoms with Crippen LogP contribution in [0, 0.1) is 5.92 Å². The predicted molar refractivity (Wildman–Crippen MR) is 103 cm³/mol. The number of ether oxygens (including phenoxy) is 1. The van der Waals surface area contributed by atoms with Gasteiger partial charge in [0.1, 0.15) is 5.75 Å². The molecule has 1 saturated heterocycles. The maximum absolute atomic E-state index is 12.3. The number of nitrogens with one attached hydrogen (secondary N) is 2. The second-order valence-electron chi connectivity index (χ2n) is 6.68. The van der Waals surface area contributed by atoms with Gasteiger partial charge in [-0.25, -0.2) is 8.42 Å². The zero-order valence-electron chi connectivity index (χ0n) is 15.7. The van der Waals surface area contributed by atoms with E-state index in [2.05, 4.69) is 10.0 Å². The van der Waals surface area contributed by atoms with Gasteiger partial charge < -0.3 is 15.0 Å². The van der Waals surface area contributed by atoms with Crippen LogP contribution in [0.5, 0.6) is 5.75 Å². The van der Waals surface area contributed by atoms with E-state index in [9.17, 15) is 18.0 Å². The van der Waals surface area contributed by atoms with Crippen molar-refractivity contribution in [3.8, 4) is 5.75 Å². The van der Waals surface area contributed by atoms with E-state index >= 15 is 0 Å². The van der Waals surface area contributed by atoms with Crippen LogP contribution in [0.3, 0.4) is 0 Å². The third kappa shape index (κ3) is 6.74. The summed E-state index contributed by atoms with van der Waals surface area (Å²) < 4.78 is 32.1. The van der Waals surface area contributed by atoms with Crippen LogP contribution in [0.1, 0.15) is 26.2 Å². The summed E-state index contributed by atoms with van der Waals surface area (Å²) in [5.74, 6) is -1.24. The van der Waals surface area contributed by atoms with Gasteiger partial charge in [0.2, 0.25) is 21.8 Å². The number of sulfonamides is 1. The summed E-state index contributed by atoms with van der Waals surface area (Å²) in [7, 11) is -2.23. The fourth-order valence-corrected chi connectivity index (χ4v) is 4.28. The highest BCUT2D eigenvalue weighted by Gasteiger charge is 2.23. The smallest absolute Gasteiger partial charge is 0.241 e. The Bertz CT molecular complexity index is 760. The molecule has 2 rings (SSSR count). The maximum atomic E-state index is 12.3. The quantitative estimate of drug-likeness (QED) is 0.686. The molecule has 1 aromatic carbocycles. The molecule has 1 fully saturated rings. The molecule has 0 aliphatic carbocycles. The third-order valence-electron chi connectivity index (χ3n) is 4.38. The second-order valence-corrected chi connectivity index (χ2v) is 8.44. The fraction of sp³-hybridized carbons (Fsp3) is 0.556. The van der Waals surface area contributed by atoms with Gasteiger partial charge in [-0.3, -0.25) is 14.3 Å². The number of amides is 2. The van der Waals surface area contributed by atoms with Crippen molar-refractivity contribution >= 4 is 27.5 Å². The van der Waals surface area contributed by atoms with E-state index in [0.29, 0.717) is 24.5 Å². The van der Waals surface area contributed by atoms with Crippen LogP contribution in [0.4, 0.5) is 5.69 Å². The molecule has 0 bridgehead atoms. The SMILES string of the molecule is COc1cccc(NS(=O)(=O)CC(C)C(=O)NCC(=O)N2CCCCC2)c1. The Balaban J connectivity index is 1.83. The van der Waals surface area contributed by atoms with Crippen LogP contribution in [-0.4, -0.2) is 57.6 Å². The standard InChI is InChI=1S/C18H27N3O5S/c1-14(18(23)19-12-17(22)21-9-4-3-5-10-21)13-27(24,25)20-15-7-6-8-16(11-15)26-2/h6-8,11,14,20H,3-5,9-10,12-13H2,1-2H3,(H,19,23). The molecule has 1 aromatic rings.